The van der Waals surface area contributed by atoms with E-state index in [1.807, 2.05) is 0 Å². The summed E-state index contributed by atoms with van der Waals surface area (Å²) in [6, 6.07) is 0. The molecule has 2 saturated heterocycles. The molecule has 0 aliphatic carbocycles. The van der Waals surface area contributed by atoms with Crippen LogP contribution in [-0.4, -0.2) is 110 Å². The van der Waals surface area contributed by atoms with Crippen molar-refractivity contribution >= 4 is 0 Å². The zero-order valence-corrected chi connectivity index (χ0v) is 12.0. The van der Waals surface area contributed by atoms with Crippen LogP contribution < -0.4 is 5.11 Å². The maximum atomic E-state index is 11.4. The van der Waals surface area contributed by atoms with Gasteiger partial charge in [0.25, 0.3) is 0 Å². The van der Waals surface area contributed by atoms with Crippen LogP contribution in [0.1, 0.15) is 0 Å². The standard InChI is InChI=1S/C12H21O11/c13-1-3-5(14)8(17)10(19)12(23-3)21-2-4-6(15)7(16)9(18)11(20)22-4/h3-19H,1-2H2/q-1/t3-,4-,5+,6-,7+,8+,9-,10-,11+,12+/m1/s1. The van der Waals surface area contributed by atoms with Crippen LogP contribution in [0.25, 0.3) is 0 Å². The predicted octanol–water partition coefficient (Wildman–Crippen LogP) is -6.03. The van der Waals surface area contributed by atoms with Gasteiger partial charge < -0.3 is 55.1 Å². The van der Waals surface area contributed by atoms with Gasteiger partial charge in [-0.3, -0.25) is 0 Å². The fourth-order valence-electron chi connectivity index (χ4n) is 2.45. The van der Waals surface area contributed by atoms with Gasteiger partial charge in [-0.25, -0.2) is 0 Å². The van der Waals surface area contributed by atoms with Crippen molar-refractivity contribution in [2.45, 2.75) is 61.4 Å². The molecule has 7 N–H and O–H groups in total. The van der Waals surface area contributed by atoms with Crippen LogP contribution in [0.15, 0.2) is 0 Å². The van der Waals surface area contributed by atoms with Gasteiger partial charge in [0.05, 0.1) is 19.3 Å². The second-order valence-electron chi connectivity index (χ2n) is 5.55. The van der Waals surface area contributed by atoms with E-state index in [-0.39, 0.29) is 0 Å². The zero-order valence-electron chi connectivity index (χ0n) is 12.0. The molecule has 10 atom stereocenters. The van der Waals surface area contributed by atoms with Gasteiger partial charge in [-0.15, -0.1) is 0 Å². The molecule has 0 radical (unpaired) electrons. The fraction of sp³-hybridized carbons (Fsp3) is 1.00. The highest BCUT2D eigenvalue weighted by Gasteiger charge is 2.45. The molecule has 0 spiro atoms. The molecule has 11 nitrogen and oxygen atoms in total. The van der Waals surface area contributed by atoms with Crippen molar-refractivity contribution in [2.75, 3.05) is 13.2 Å². The number of aliphatic hydroxyl groups is 7. The smallest absolute Gasteiger partial charge is 0.186 e. The highest BCUT2D eigenvalue weighted by molar-refractivity contribution is 4.91. The van der Waals surface area contributed by atoms with Crippen molar-refractivity contribution in [3.8, 4) is 0 Å². The average Bonchev–Trinajstić information content (AvgIpc) is 2.54. The summed E-state index contributed by atoms with van der Waals surface area (Å²) in [5, 5.41) is 77.9. The van der Waals surface area contributed by atoms with E-state index in [1.165, 1.54) is 0 Å². The third kappa shape index (κ3) is 3.81. The number of hydrogen-bond acceptors (Lipinski definition) is 11. The summed E-state index contributed by atoms with van der Waals surface area (Å²) >= 11 is 0. The van der Waals surface area contributed by atoms with Gasteiger partial charge in [-0.05, 0) is 0 Å². The Balaban J connectivity index is 1.94. The third-order valence-corrected chi connectivity index (χ3v) is 3.94. The van der Waals surface area contributed by atoms with Crippen LogP contribution in [0.2, 0.25) is 0 Å². The summed E-state index contributed by atoms with van der Waals surface area (Å²) in [5.74, 6) is 0. The molecule has 2 fully saturated rings. The molecule has 136 valence electrons. The second kappa shape index (κ2) is 7.63. The molecule has 2 aliphatic heterocycles. The lowest BCUT2D eigenvalue weighted by molar-refractivity contribution is -0.533. The molecule has 0 aromatic rings. The quantitative estimate of drug-likeness (QED) is 0.257. The van der Waals surface area contributed by atoms with Crippen LogP contribution in [-0.2, 0) is 14.2 Å². The van der Waals surface area contributed by atoms with E-state index in [9.17, 15) is 35.7 Å². The molecule has 0 unspecified atom stereocenters. The number of ether oxygens (including phenoxy) is 3. The lowest BCUT2D eigenvalue weighted by Crippen LogP contribution is -2.63. The minimum absolute atomic E-state index is 0.508. The first-order chi connectivity index (χ1) is 10.8. The molecule has 11 heteroatoms. The maximum Gasteiger partial charge on any atom is 0.186 e. The summed E-state index contributed by atoms with van der Waals surface area (Å²) < 4.78 is 15.0. The van der Waals surface area contributed by atoms with Crippen LogP contribution in [0, 0.1) is 0 Å². The Morgan fingerprint density at radius 1 is 0.739 bits per heavy atom. The molecule has 0 aromatic heterocycles. The SMILES string of the molecule is [O-][C@H]1O[C@H](CO[C@H]2O[C@H](CO)[C@H](O)[C@H](O)[C@H]2O)[C@@H](O)[C@H](O)[C@H]1O. The minimum Gasteiger partial charge on any atom is -0.829 e. The van der Waals surface area contributed by atoms with Crippen molar-refractivity contribution in [2.24, 2.45) is 0 Å². The summed E-state index contributed by atoms with van der Waals surface area (Å²) in [6.07, 6.45) is -15.9. The van der Waals surface area contributed by atoms with Crippen molar-refractivity contribution in [1.29, 1.82) is 0 Å². The minimum atomic E-state index is -1.99. The molecular formula is C12H21O11-. The monoisotopic (exact) mass is 341 g/mol. The predicted molar refractivity (Wildman–Crippen MR) is 66.4 cm³/mol. The Hall–Kier alpha value is -0.440. The molecule has 2 heterocycles. The molecule has 0 amide bonds. The molecular weight excluding hydrogens is 320 g/mol. The fourth-order valence-corrected chi connectivity index (χ4v) is 2.45. The maximum absolute atomic E-state index is 11.4. The van der Waals surface area contributed by atoms with E-state index < -0.39 is 74.6 Å². The van der Waals surface area contributed by atoms with Crippen molar-refractivity contribution in [3.05, 3.63) is 0 Å². The first kappa shape index (κ1) is 18.9. The van der Waals surface area contributed by atoms with Crippen molar-refractivity contribution in [1.82, 2.24) is 0 Å². The van der Waals surface area contributed by atoms with Gasteiger partial charge in [0.2, 0.25) is 0 Å². The third-order valence-electron chi connectivity index (χ3n) is 3.94. The first-order valence-electron chi connectivity index (χ1n) is 7.05. The Morgan fingerprint density at radius 3 is 1.91 bits per heavy atom. The molecule has 23 heavy (non-hydrogen) atoms. The highest BCUT2D eigenvalue weighted by Crippen LogP contribution is 2.24. The Morgan fingerprint density at radius 2 is 1.30 bits per heavy atom. The lowest BCUT2D eigenvalue weighted by Gasteiger charge is -2.45. The van der Waals surface area contributed by atoms with Crippen molar-refractivity contribution < 1.29 is 55.1 Å². The zero-order chi connectivity index (χ0) is 17.3. The lowest BCUT2D eigenvalue weighted by atomic mass is 9.98. The second-order valence-corrected chi connectivity index (χ2v) is 5.55. The summed E-state index contributed by atoms with van der Waals surface area (Å²) in [6.45, 7) is -1.15. The molecule has 0 aromatic carbocycles. The Labute approximate surface area is 130 Å². The van der Waals surface area contributed by atoms with E-state index in [2.05, 4.69) is 0 Å². The van der Waals surface area contributed by atoms with Crippen LogP contribution in [0.5, 0.6) is 0 Å². The Kier molecular flexibility index (Phi) is 6.27. The van der Waals surface area contributed by atoms with Crippen LogP contribution >= 0.6 is 0 Å². The van der Waals surface area contributed by atoms with Gasteiger partial charge in [0, 0.05) is 6.29 Å². The normalized spacial score (nSPS) is 51.7. The molecule has 0 saturated carbocycles. The van der Waals surface area contributed by atoms with E-state index in [0.29, 0.717) is 0 Å². The highest BCUT2D eigenvalue weighted by atomic mass is 16.7. The van der Waals surface area contributed by atoms with Crippen molar-refractivity contribution in [3.63, 3.8) is 0 Å². The number of rotatable bonds is 4. The topological polar surface area (TPSA) is 192 Å². The summed E-state index contributed by atoms with van der Waals surface area (Å²) in [7, 11) is 0. The summed E-state index contributed by atoms with van der Waals surface area (Å²) in [4.78, 5) is 0. The molecule has 2 aliphatic rings. The first-order valence-corrected chi connectivity index (χ1v) is 7.05. The van der Waals surface area contributed by atoms with E-state index in [4.69, 9.17) is 19.3 Å². The van der Waals surface area contributed by atoms with Crippen LogP contribution in [0.3, 0.4) is 0 Å². The van der Waals surface area contributed by atoms with E-state index in [1.54, 1.807) is 0 Å². The largest absolute Gasteiger partial charge is 0.829 e. The molecule has 0 bridgehead atoms. The van der Waals surface area contributed by atoms with Gasteiger partial charge in [-0.2, -0.15) is 0 Å². The van der Waals surface area contributed by atoms with E-state index in [0.717, 1.165) is 0 Å². The van der Waals surface area contributed by atoms with Crippen LogP contribution in [0.4, 0.5) is 0 Å². The number of aliphatic hydroxyl groups excluding tert-OH is 7. The van der Waals surface area contributed by atoms with Gasteiger partial charge in [-0.1, -0.05) is 0 Å². The average molecular weight is 341 g/mol. The van der Waals surface area contributed by atoms with E-state index >= 15 is 0 Å². The van der Waals surface area contributed by atoms with Gasteiger partial charge >= 0.3 is 0 Å². The number of hydrogen-bond donors (Lipinski definition) is 7. The molecule has 2 rings (SSSR count). The Bertz CT molecular complexity index is 380. The van der Waals surface area contributed by atoms with Gasteiger partial charge in [0.15, 0.2) is 6.29 Å². The summed E-state index contributed by atoms with van der Waals surface area (Å²) in [5.41, 5.74) is 0. The van der Waals surface area contributed by atoms with Gasteiger partial charge in [0.1, 0.15) is 42.7 Å².